The molecule has 2 amide bonds. The Hall–Kier alpha value is -2.62. The van der Waals surface area contributed by atoms with Gasteiger partial charge in [-0.15, -0.1) is 0 Å². The van der Waals surface area contributed by atoms with Crippen molar-refractivity contribution in [2.24, 2.45) is 0 Å². The lowest BCUT2D eigenvalue weighted by Crippen LogP contribution is -2.27. The van der Waals surface area contributed by atoms with Crippen LogP contribution in [0.15, 0.2) is 48.5 Å². The molecule has 4 nitrogen and oxygen atoms in total. The van der Waals surface area contributed by atoms with Crippen molar-refractivity contribution in [2.75, 3.05) is 11.9 Å². The van der Waals surface area contributed by atoms with Crippen LogP contribution in [0.2, 0.25) is 0 Å². The summed E-state index contributed by atoms with van der Waals surface area (Å²) in [5.41, 5.74) is 4.09. The second-order valence-corrected chi connectivity index (χ2v) is 5.64. The zero-order chi connectivity index (χ0) is 16.7. The highest BCUT2D eigenvalue weighted by Gasteiger charge is 2.03. The summed E-state index contributed by atoms with van der Waals surface area (Å²) in [6.45, 7) is 4.10. The minimum Gasteiger partial charge on any atom is -0.355 e. The van der Waals surface area contributed by atoms with E-state index in [2.05, 4.69) is 10.6 Å². The summed E-state index contributed by atoms with van der Waals surface area (Å²) < 4.78 is 0. The Kier molecular flexibility index (Phi) is 5.92. The highest BCUT2D eigenvalue weighted by Crippen LogP contribution is 2.10. The summed E-state index contributed by atoms with van der Waals surface area (Å²) >= 11 is 0. The van der Waals surface area contributed by atoms with E-state index in [-0.39, 0.29) is 11.8 Å². The first-order valence-corrected chi connectivity index (χ1v) is 7.72. The van der Waals surface area contributed by atoms with Crippen LogP contribution in [0, 0.1) is 6.92 Å². The van der Waals surface area contributed by atoms with Crippen molar-refractivity contribution in [1.82, 2.24) is 5.32 Å². The first-order chi connectivity index (χ1) is 11.0. The van der Waals surface area contributed by atoms with Crippen molar-refractivity contribution in [2.45, 2.75) is 26.7 Å². The van der Waals surface area contributed by atoms with Crippen molar-refractivity contribution < 1.29 is 9.59 Å². The molecule has 0 spiro atoms. The predicted octanol–water partition coefficient (Wildman–Crippen LogP) is 2.85. The maximum absolute atomic E-state index is 11.9. The molecule has 120 valence electrons. The average Bonchev–Trinajstić information content (AvgIpc) is 2.48. The van der Waals surface area contributed by atoms with E-state index in [0.717, 1.165) is 28.8 Å². The molecule has 2 N–H and O–H groups in total. The van der Waals surface area contributed by atoms with Crippen molar-refractivity contribution >= 4 is 17.5 Å². The predicted molar refractivity (Wildman–Crippen MR) is 92.3 cm³/mol. The monoisotopic (exact) mass is 310 g/mol. The van der Waals surface area contributed by atoms with Gasteiger partial charge in [-0.05, 0) is 36.6 Å². The van der Waals surface area contributed by atoms with E-state index in [4.69, 9.17) is 0 Å². The molecule has 0 aromatic heterocycles. The van der Waals surface area contributed by atoms with Crippen molar-refractivity contribution in [3.8, 4) is 0 Å². The Morgan fingerprint density at radius 1 is 1.00 bits per heavy atom. The third-order valence-electron chi connectivity index (χ3n) is 3.46. The summed E-state index contributed by atoms with van der Waals surface area (Å²) in [6, 6.07) is 15.6. The molecule has 0 heterocycles. The van der Waals surface area contributed by atoms with E-state index in [0.29, 0.717) is 13.0 Å². The molecule has 0 bridgehead atoms. The quantitative estimate of drug-likeness (QED) is 0.862. The SMILES string of the molecule is CC(=O)Nc1ccc(CCNC(=O)Cc2cccc(C)c2)cc1. The summed E-state index contributed by atoms with van der Waals surface area (Å²) in [5, 5.41) is 5.67. The van der Waals surface area contributed by atoms with E-state index in [1.807, 2.05) is 55.5 Å². The van der Waals surface area contributed by atoms with Gasteiger partial charge in [0.2, 0.25) is 11.8 Å². The molecular weight excluding hydrogens is 288 g/mol. The van der Waals surface area contributed by atoms with E-state index < -0.39 is 0 Å². The Morgan fingerprint density at radius 3 is 2.39 bits per heavy atom. The zero-order valence-corrected chi connectivity index (χ0v) is 13.6. The maximum Gasteiger partial charge on any atom is 0.224 e. The summed E-state index contributed by atoms with van der Waals surface area (Å²) in [7, 11) is 0. The van der Waals surface area contributed by atoms with Crippen LogP contribution < -0.4 is 10.6 Å². The fraction of sp³-hybridized carbons (Fsp3) is 0.263. The van der Waals surface area contributed by atoms with Gasteiger partial charge in [-0.3, -0.25) is 9.59 Å². The smallest absolute Gasteiger partial charge is 0.224 e. The van der Waals surface area contributed by atoms with Crippen LogP contribution in [0.1, 0.15) is 23.6 Å². The number of carbonyl (C=O) groups is 2. The molecule has 23 heavy (non-hydrogen) atoms. The second kappa shape index (κ2) is 8.13. The van der Waals surface area contributed by atoms with Crippen LogP contribution in [0.5, 0.6) is 0 Å². The molecule has 0 saturated carbocycles. The van der Waals surface area contributed by atoms with Gasteiger partial charge in [0.15, 0.2) is 0 Å². The molecular formula is C19H22N2O2. The third-order valence-corrected chi connectivity index (χ3v) is 3.46. The largest absolute Gasteiger partial charge is 0.355 e. The van der Waals surface area contributed by atoms with E-state index in [9.17, 15) is 9.59 Å². The topological polar surface area (TPSA) is 58.2 Å². The van der Waals surface area contributed by atoms with Crippen LogP contribution in [0.25, 0.3) is 0 Å². The first-order valence-electron chi connectivity index (χ1n) is 7.72. The van der Waals surface area contributed by atoms with Gasteiger partial charge in [0, 0.05) is 19.2 Å². The van der Waals surface area contributed by atoms with Gasteiger partial charge in [0.25, 0.3) is 0 Å². The van der Waals surface area contributed by atoms with E-state index in [1.165, 1.54) is 6.92 Å². The van der Waals surface area contributed by atoms with Gasteiger partial charge in [0.05, 0.1) is 6.42 Å². The molecule has 0 atom stereocenters. The highest BCUT2D eigenvalue weighted by atomic mass is 16.2. The van der Waals surface area contributed by atoms with Crippen LogP contribution in [0.4, 0.5) is 5.69 Å². The van der Waals surface area contributed by atoms with Gasteiger partial charge >= 0.3 is 0 Å². The number of anilines is 1. The van der Waals surface area contributed by atoms with Crippen LogP contribution in [-0.4, -0.2) is 18.4 Å². The second-order valence-electron chi connectivity index (χ2n) is 5.64. The minimum absolute atomic E-state index is 0.0328. The number of hydrogen-bond acceptors (Lipinski definition) is 2. The maximum atomic E-state index is 11.9. The Morgan fingerprint density at radius 2 is 1.74 bits per heavy atom. The Balaban J connectivity index is 1.76. The molecule has 0 aliphatic carbocycles. The summed E-state index contributed by atoms with van der Waals surface area (Å²) in [6.07, 6.45) is 1.17. The number of hydrogen-bond donors (Lipinski definition) is 2. The lowest BCUT2D eigenvalue weighted by molar-refractivity contribution is -0.120. The third kappa shape index (κ3) is 5.94. The number of amides is 2. The lowest BCUT2D eigenvalue weighted by atomic mass is 10.1. The fourth-order valence-corrected chi connectivity index (χ4v) is 2.37. The average molecular weight is 310 g/mol. The van der Waals surface area contributed by atoms with Gasteiger partial charge < -0.3 is 10.6 Å². The fourth-order valence-electron chi connectivity index (χ4n) is 2.37. The molecule has 0 fully saturated rings. The molecule has 2 aromatic rings. The number of aryl methyl sites for hydroxylation is 1. The molecule has 0 aliphatic rings. The number of carbonyl (C=O) groups excluding carboxylic acids is 2. The number of rotatable bonds is 6. The minimum atomic E-state index is -0.0823. The van der Waals surface area contributed by atoms with E-state index >= 15 is 0 Å². The van der Waals surface area contributed by atoms with Crippen LogP contribution in [-0.2, 0) is 22.4 Å². The van der Waals surface area contributed by atoms with E-state index in [1.54, 1.807) is 0 Å². The summed E-state index contributed by atoms with van der Waals surface area (Å²) in [5.74, 6) is -0.0494. The molecule has 2 rings (SSSR count). The number of nitrogens with one attached hydrogen (secondary N) is 2. The van der Waals surface area contributed by atoms with Gasteiger partial charge in [-0.1, -0.05) is 42.0 Å². The van der Waals surface area contributed by atoms with Crippen LogP contribution >= 0.6 is 0 Å². The van der Waals surface area contributed by atoms with Gasteiger partial charge in [-0.25, -0.2) is 0 Å². The van der Waals surface area contributed by atoms with Crippen LogP contribution in [0.3, 0.4) is 0 Å². The molecule has 2 aromatic carbocycles. The Bertz CT molecular complexity index is 678. The molecule has 0 unspecified atom stereocenters. The highest BCUT2D eigenvalue weighted by molar-refractivity contribution is 5.88. The lowest BCUT2D eigenvalue weighted by Gasteiger charge is -2.07. The first kappa shape index (κ1) is 16.7. The van der Waals surface area contributed by atoms with Gasteiger partial charge in [0.1, 0.15) is 0 Å². The zero-order valence-electron chi connectivity index (χ0n) is 13.6. The number of benzene rings is 2. The molecule has 0 radical (unpaired) electrons. The molecule has 0 saturated heterocycles. The molecule has 0 aliphatic heterocycles. The Labute approximate surface area is 136 Å². The van der Waals surface area contributed by atoms with Crippen molar-refractivity contribution in [3.05, 3.63) is 65.2 Å². The van der Waals surface area contributed by atoms with Crippen molar-refractivity contribution in [3.63, 3.8) is 0 Å². The van der Waals surface area contributed by atoms with Gasteiger partial charge in [-0.2, -0.15) is 0 Å². The summed E-state index contributed by atoms with van der Waals surface area (Å²) in [4.78, 5) is 22.9. The molecule has 4 heteroatoms. The van der Waals surface area contributed by atoms with Crippen molar-refractivity contribution in [1.29, 1.82) is 0 Å². The normalized spacial score (nSPS) is 10.2. The standard InChI is InChI=1S/C19H22N2O2/c1-14-4-3-5-17(12-14)13-19(23)20-11-10-16-6-8-18(9-7-16)21-15(2)22/h3-9,12H,10-11,13H2,1-2H3,(H,20,23)(H,21,22).